The van der Waals surface area contributed by atoms with E-state index in [1.807, 2.05) is 43.5 Å². The van der Waals surface area contributed by atoms with Crippen molar-refractivity contribution >= 4 is 11.6 Å². The van der Waals surface area contributed by atoms with Gasteiger partial charge in [-0.3, -0.25) is 9.48 Å². The molecule has 0 saturated heterocycles. The number of hydrogen-bond acceptors (Lipinski definition) is 2. The summed E-state index contributed by atoms with van der Waals surface area (Å²) in [6.45, 7) is 4.15. The summed E-state index contributed by atoms with van der Waals surface area (Å²) in [6, 6.07) is 6.10. The lowest BCUT2D eigenvalue weighted by molar-refractivity contribution is -0.119. The maximum Gasteiger partial charge on any atom is 0.230 e. The molecule has 0 unspecified atom stereocenters. The molecule has 110 valence electrons. The van der Waals surface area contributed by atoms with Gasteiger partial charge in [-0.1, -0.05) is 12.1 Å². The molecule has 3 rings (SSSR count). The van der Waals surface area contributed by atoms with E-state index in [-0.39, 0.29) is 11.8 Å². The number of aryl methyl sites for hydroxylation is 2. The van der Waals surface area contributed by atoms with Crippen molar-refractivity contribution in [3.63, 3.8) is 0 Å². The van der Waals surface area contributed by atoms with Crippen molar-refractivity contribution in [1.29, 1.82) is 0 Å². The first-order chi connectivity index (χ1) is 9.99. The molecule has 1 aromatic heterocycles. The molecule has 21 heavy (non-hydrogen) atoms. The van der Waals surface area contributed by atoms with Crippen LogP contribution in [0.2, 0.25) is 0 Å². The van der Waals surface area contributed by atoms with Gasteiger partial charge < -0.3 is 4.90 Å². The second-order valence-electron chi connectivity index (χ2n) is 6.01. The predicted molar refractivity (Wildman–Crippen MR) is 83.4 cm³/mol. The fourth-order valence-electron chi connectivity index (χ4n) is 2.93. The summed E-state index contributed by atoms with van der Waals surface area (Å²) in [5, 5.41) is 4.19. The topological polar surface area (TPSA) is 38.1 Å². The van der Waals surface area contributed by atoms with Gasteiger partial charge in [0, 0.05) is 31.9 Å². The van der Waals surface area contributed by atoms with Gasteiger partial charge in [-0.2, -0.15) is 5.10 Å². The Hall–Kier alpha value is -2.10. The number of nitrogens with zero attached hydrogens (tertiary/aromatic N) is 3. The van der Waals surface area contributed by atoms with E-state index in [1.165, 1.54) is 16.7 Å². The van der Waals surface area contributed by atoms with E-state index in [0.29, 0.717) is 5.92 Å². The second-order valence-corrected chi connectivity index (χ2v) is 6.01. The molecule has 1 aliphatic carbocycles. The number of benzene rings is 1. The van der Waals surface area contributed by atoms with Crippen LogP contribution in [0.3, 0.4) is 0 Å². The van der Waals surface area contributed by atoms with Crippen molar-refractivity contribution in [2.75, 3.05) is 11.9 Å². The first-order valence-corrected chi connectivity index (χ1v) is 7.31. The average Bonchev–Trinajstić information content (AvgIpc) is 3.15. The van der Waals surface area contributed by atoms with Crippen molar-refractivity contribution < 1.29 is 4.79 Å². The zero-order valence-corrected chi connectivity index (χ0v) is 13.0. The number of carbonyl (C=O) groups is 1. The molecule has 2 aromatic rings. The Bertz CT molecular complexity index is 689. The van der Waals surface area contributed by atoms with Crippen molar-refractivity contribution in [2.24, 2.45) is 13.0 Å². The lowest BCUT2D eigenvalue weighted by atomic mass is 10.1. The van der Waals surface area contributed by atoms with Crippen LogP contribution in [0.4, 0.5) is 5.69 Å². The van der Waals surface area contributed by atoms with Gasteiger partial charge in [0.05, 0.1) is 6.20 Å². The molecule has 1 aromatic carbocycles. The molecule has 0 aliphatic heterocycles. The third-order valence-electron chi connectivity index (χ3n) is 4.53. The Morgan fingerprint density at radius 3 is 2.81 bits per heavy atom. The quantitative estimate of drug-likeness (QED) is 0.868. The van der Waals surface area contributed by atoms with Crippen molar-refractivity contribution in [3.8, 4) is 0 Å². The zero-order chi connectivity index (χ0) is 15.1. The van der Waals surface area contributed by atoms with Crippen LogP contribution in [0, 0.1) is 19.8 Å². The van der Waals surface area contributed by atoms with E-state index in [1.54, 1.807) is 4.68 Å². The average molecular weight is 283 g/mol. The van der Waals surface area contributed by atoms with E-state index >= 15 is 0 Å². The minimum atomic E-state index is 0.0964. The number of anilines is 1. The van der Waals surface area contributed by atoms with Crippen LogP contribution < -0.4 is 4.90 Å². The number of aromatic nitrogens is 2. The molecule has 0 spiro atoms. The summed E-state index contributed by atoms with van der Waals surface area (Å²) in [7, 11) is 3.79. The van der Waals surface area contributed by atoms with E-state index in [4.69, 9.17) is 0 Å². The van der Waals surface area contributed by atoms with Gasteiger partial charge in [-0.25, -0.2) is 0 Å². The van der Waals surface area contributed by atoms with Gasteiger partial charge in [0.2, 0.25) is 5.91 Å². The molecule has 0 bridgehead atoms. The fourth-order valence-corrected chi connectivity index (χ4v) is 2.93. The molecule has 1 heterocycles. The highest BCUT2D eigenvalue weighted by Crippen LogP contribution is 2.48. The van der Waals surface area contributed by atoms with Crippen molar-refractivity contribution in [1.82, 2.24) is 9.78 Å². The van der Waals surface area contributed by atoms with Crippen LogP contribution in [0.25, 0.3) is 0 Å². The van der Waals surface area contributed by atoms with Gasteiger partial charge in [0.15, 0.2) is 0 Å². The van der Waals surface area contributed by atoms with Crippen molar-refractivity contribution in [2.45, 2.75) is 26.2 Å². The highest BCUT2D eigenvalue weighted by Gasteiger charge is 2.46. The fraction of sp³-hybridized carbons (Fsp3) is 0.412. The minimum Gasteiger partial charge on any atom is -0.315 e. The summed E-state index contributed by atoms with van der Waals surface area (Å²) in [4.78, 5) is 14.5. The molecule has 4 nitrogen and oxygen atoms in total. The third-order valence-corrected chi connectivity index (χ3v) is 4.53. The molecule has 0 radical (unpaired) electrons. The van der Waals surface area contributed by atoms with Crippen molar-refractivity contribution in [3.05, 3.63) is 47.3 Å². The molecular formula is C17H21N3O. The molecule has 1 saturated carbocycles. The van der Waals surface area contributed by atoms with Gasteiger partial charge in [0.1, 0.15) is 0 Å². The maximum atomic E-state index is 12.7. The standard InChI is InChI=1S/C17H21N3O/c1-11-6-5-7-16(12(11)2)20(4)17(21)15-8-14(15)13-9-18-19(3)10-13/h5-7,9-10,14-15H,8H2,1-4H3/t14-,15+/m0/s1. The monoisotopic (exact) mass is 283 g/mol. The SMILES string of the molecule is Cc1cccc(N(C)C(=O)[C@@H]2C[C@H]2c2cnn(C)c2)c1C. The third kappa shape index (κ3) is 2.46. The minimum absolute atomic E-state index is 0.0964. The molecular weight excluding hydrogens is 262 g/mol. The molecule has 1 aliphatic rings. The summed E-state index contributed by atoms with van der Waals surface area (Å²) < 4.78 is 1.80. The summed E-state index contributed by atoms with van der Waals surface area (Å²) in [5.41, 5.74) is 4.57. The predicted octanol–water partition coefficient (Wildman–Crippen LogP) is 2.80. The molecule has 1 amide bonds. The Kier molecular flexibility index (Phi) is 3.32. The molecule has 1 fully saturated rings. The zero-order valence-electron chi connectivity index (χ0n) is 13.0. The van der Waals surface area contributed by atoms with Gasteiger partial charge in [-0.05, 0) is 48.9 Å². The van der Waals surface area contributed by atoms with E-state index in [0.717, 1.165) is 12.1 Å². The number of amides is 1. The smallest absolute Gasteiger partial charge is 0.230 e. The lowest BCUT2D eigenvalue weighted by Crippen LogP contribution is -2.29. The summed E-state index contributed by atoms with van der Waals surface area (Å²) in [5.74, 6) is 0.635. The van der Waals surface area contributed by atoms with Crippen LogP contribution in [-0.2, 0) is 11.8 Å². The second kappa shape index (κ2) is 5.02. The largest absolute Gasteiger partial charge is 0.315 e. The highest BCUT2D eigenvalue weighted by molar-refractivity contribution is 5.97. The Morgan fingerprint density at radius 2 is 2.14 bits per heavy atom. The summed E-state index contributed by atoms with van der Waals surface area (Å²) >= 11 is 0. The number of rotatable bonds is 3. The lowest BCUT2D eigenvalue weighted by Gasteiger charge is -2.20. The van der Waals surface area contributed by atoms with E-state index in [2.05, 4.69) is 25.0 Å². The van der Waals surface area contributed by atoms with Crippen LogP contribution in [-0.4, -0.2) is 22.7 Å². The summed E-state index contributed by atoms with van der Waals surface area (Å²) in [6.07, 6.45) is 4.81. The number of carbonyl (C=O) groups excluding carboxylic acids is 1. The Morgan fingerprint density at radius 1 is 1.38 bits per heavy atom. The van der Waals surface area contributed by atoms with E-state index < -0.39 is 0 Å². The first-order valence-electron chi connectivity index (χ1n) is 7.31. The van der Waals surface area contributed by atoms with Gasteiger partial charge in [-0.15, -0.1) is 0 Å². The van der Waals surface area contributed by atoms with Crippen LogP contribution in [0.1, 0.15) is 29.0 Å². The molecule has 4 heteroatoms. The van der Waals surface area contributed by atoms with Gasteiger partial charge in [0.25, 0.3) is 0 Å². The maximum absolute atomic E-state index is 12.7. The Labute approximate surface area is 125 Å². The first kappa shape index (κ1) is 13.9. The molecule has 2 atom stereocenters. The van der Waals surface area contributed by atoms with Crippen LogP contribution >= 0.6 is 0 Å². The van der Waals surface area contributed by atoms with Gasteiger partial charge >= 0.3 is 0 Å². The normalized spacial score (nSPS) is 20.4. The van der Waals surface area contributed by atoms with Crippen LogP contribution in [0.5, 0.6) is 0 Å². The van der Waals surface area contributed by atoms with Crippen LogP contribution in [0.15, 0.2) is 30.6 Å². The number of hydrogen-bond donors (Lipinski definition) is 0. The molecule has 0 N–H and O–H groups in total. The Balaban J connectivity index is 1.76. The van der Waals surface area contributed by atoms with E-state index in [9.17, 15) is 4.79 Å². The highest BCUT2D eigenvalue weighted by atomic mass is 16.2.